The average Bonchev–Trinajstić information content (AvgIpc) is 1.83. The molecule has 0 aromatic rings. The molecule has 1 heteroatoms. The Kier molecular flexibility index (Phi) is 1.79. The standard InChI is InChI=1S/C8H14O/c1-6-4-3-5-7(2)8(6)9/h6,9H,3-5H2,1-2H3. The molecule has 9 heavy (non-hydrogen) atoms. The molecule has 1 N–H and O–H groups in total. The van der Waals surface area contributed by atoms with Crippen molar-refractivity contribution in [3.63, 3.8) is 0 Å². The van der Waals surface area contributed by atoms with Crippen molar-refractivity contribution in [2.45, 2.75) is 33.1 Å². The van der Waals surface area contributed by atoms with E-state index in [4.69, 9.17) is 0 Å². The highest BCUT2D eigenvalue weighted by molar-refractivity contribution is 5.09. The smallest absolute Gasteiger partial charge is 0.0939 e. The Morgan fingerprint density at radius 2 is 2.22 bits per heavy atom. The van der Waals surface area contributed by atoms with Crippen LogP contribution in [0.15, 0.2) is 11.3 Å². The lowest BCUT2D eigenvalue weighted by molar-refractivity contribution is 0.304. The lowest BCUT2D eigenvalue weighted by Gasteiger charge is -2.18. The van der Waals surface area contributed by atoms with Crippen LogP contribution in [0.4, 0.5) is 0 Å². The topological polar surface area (TPSA) is 20.2 Å². The molecule has 0 fully saturated rings. The number of hydrogen-bond donors (Lipinski definition) is 1. The van der Waals surface area contributed by atoms with E-state index in [1.54, 1.807) is 0 Å². The van der Waals surface area contributed by atoms with Gasteiger partial charge in [0.2, 0.25) is 0 Å². The van der Waals surface area contributed by atoms with Crippen molar-refractivity contribution in [1.29, 1.82) is 0 Å². The van der Waals surface area contributed by atoms with E-state index in [1.165, 1.54) is 12.0 Å². The largest absolute Gasteiger partial charge is 0.512 e. The number of hydrogen-bond acceptors (Lipinski definition) is 1. The van der Waals surface area contributed by atoms with E-state index in [-0.39, 0.29) is 0 Å². The van der Waals surface area contributed by atoms with Gasteiger partial charge in [-0.3, -0.25) is 0 Å². The highest BCUT2D eigenvalue weighted by Gasteiger charge is 2.14. The van der Waals surface area contributed by atoms with Crippen LogP contribution in [-0.4, -0.2) is 5.11 Å². The minimum atomic E-state index is 0.416. The highest BCUT2D eigenvalue weighted by atomic mass is 16.3. The zero-order chi connectivity index (χ0) is 6.85. The van der Waals surface area contributed by atoms with Gasteiger partial charge in [-0.15, -0.1) is 0 Å². The molecule has 1 atom stereocenters. The third kappa shape index (κ3) is 1.26. The normalized spacial score (nSPS) is 28.9. The molecule has 0 aliphatic heterocycles. The zero-order valence-electron chi connectivity index (χ0n) is 6.15. The monoisotopic (exact) mass is 126 g/mol. The number of aliphatic hydroxyl groups is 1. The molecule has 0 bridgehead atoms. The lowest BCUT2D eigenvalue weighted by atomic mass is 9.91. The highest BCUT2D eigenvalue weighted by Crippen LogP contribution is 2.26. The predicted octanol–water partition coefficient (Wildman–Crippen LogP) is 2.64. The van der Waals surface area contributed by atoms with E-state index in [0.717, 1.165) is 12.8 Å². The Labute approximate surface area is 56.4 Å². The molecule has 0 saturated heterocycles. The molecule has 0 aromatic heterocycles. The first-order valence-electron chi connectivity index (χ1n) is 3.60. The van der Waals surface area contributed by atoms with E-state index in [1.807, 2.05) is 6.92 Å². The molecule has 1 aliphatic carbocycles. The third-order valence-electron chi connectivity index (χ3n) is 2.09. The Morgan fingerprint density at radius 1 is 1.56 bits per heavy atom. The second-order valence-corrected chi connectivity index (χ2v) is 2.96. The Balaban J connectivity index is 2.72. The molecular weight excluding hydrogens is 112 g/mol. The molecule has 1 nitrogen and oxygen atoms in total. The fourth-order valence-electron chi connectivity index (χ4n) is 1.36. The molecule has 0 saturated carbocycles. The SMILES string of the molecule is CC1=C(O)C(C)CCC1. The van der Waals surface area contributed by atoms with Crippen molar-refractivity contribution >= 4 is 0 Å². The minimum absolute atomic E-state index is 0.416. The second kappa shape index (κ2) is 2.42. The summed E-state index contributed by atoms with van der Waals surface area (Å²) in [4.78, 5) is 0. The molecule has 1 aliphatic rings. The van der Waals surface area contributed by atoms with Gasteiger partial charge in [0.05, 0.1) is 5.76 Å². The van der Waals surface area contributed by atoms with E-state index in [9.17, 15) is 5.11 Å². The minimum Gasteiger partial charge on any atom is -0.512 e. The predicted molar refractivity (Wildman–Crippen MR) is 38.3 cm³/mol. The zero-order valence-corrected chi connectivity index (χ0v) is 6.15. The molecule has 0 amide bonds. The van der Waals surface area contributed by atoms with E-state index < -0.39 is 0 Å². The van der Waals surface area contributed by atoms with Crippen LogP contribution >= 0.6 is 0 Å². The molecule has 0 spiro atoms. The fourth-order valence-corrected chi connectivity index (χ4v) is 1.36. The summed E-state index contributed by atoms with van der Waals surface area (Å²) in [5.74, 6) is 1.06. The summed E-state index contributed by atoms with van der Waals surface area (Å²) in [7, 11) is 0. The quantitative estimate of drug-likeness (QED) is 0.529. The number of aliphatic hydroxyl groups excluding tert-OH is 1. The first-order valence-corrected chi connectivity index (χ1v) is 3.60. The molecule has 0 heterocycles. The summed E-state index contributed by atoms with van der Waals surface area (Å²) < 4.78 is 0. The van der Waals surface area contributed by atoms with Crippen molar-refractivity contribution in [2.75, 3.05) is 0 Å². The van der Waals surface area contributed by atoms with Crippen molar-refractivity contribution < 1.29 is 5.11 Å². The van der Waals surface area contributed by atoms with Gasteiger partial charge in [-0.2, -0.15) is 0 Å². The van der Waals surface area contributed by atoms with Crippen LogP contribution < -0.4 is 0 Å². The van der Waals surface area contributed by atoms with Gasteiger partial charge >= 0.3 is 0 Å². The van der Waals surface area contributed by atoms with Crippen LogP contribution in [0.25, 0.3) is 0 Å². The van der Waals surface area contributed by atoms with Gasteiger partial charge in [-0.05, 0) is 31.8 Å². The van der Waals surface area contributed by atoms with E-state index >= 15 is 0 Å². The Morgan fingerprint density at radius 3 is 2.67 bits per heavy atom. The summed E-state index contributed by atoms with van der Waals surface area (Å²) in [6, 6.07) is 0. The average molecular weight is 126 g/mol. The summed E-state index contributed by atoms with van der Waals surface area (Å²) in [6.45, 7) is 4.10. The van der Waals surface area contributed by atoms with Crippen LogP contribution in [0.3, 0.4) is 0 Å². The second-order valence-electron chi connectivity index (χ2n) is 2.96. The van der Waals surface area contributed by atoms with Gasteiger partial charge in [0.25, 0.3) is 0 Å². The van der Waals surface area contributed by atoms with Crippen molar-refractivity contribution in [2.24, 2.45) is 5.92 Å². The first-order chi connectivity index (χ1) is 4.22. The van der Waals surface area contributed by atoms with E-state index in [2.05, 4.69) is 6.92 Å². The molecular formula is C8H14O. The third-order valence-corrected chi connectivity index (χ3v) is 2.09. The van der Waals surface area contributed by atoms with Crippen molar-refractivity contribution in [3.8, 4) is 0 Å². The van der Waals surface area contributed by atoms with Crippen LogP contribution in [0.2, 0.25) is 0 Å². The van der Waals surface area contributed by atoms with Gasteiger partial charge in [0.1, 0.15) is 0 Å². The molecule has 52 valence electrons. The summed E-state index contributed by atoms with van der Waals surface area (Å²) in [5.41, 5.74) is 1.19. The molecule has 0 radical (unpaired) electrons. The Bertz CT molecular complexity index is 136. The van der Waals surface area contributed by atoms with Gasteiger partial charge in [-0.25, -0.2) is 0 Å². The number of allylic oxidation sites excluding steroid dienone is 2. The van der Waals surface area contributed by atoms with Gasteiger partial charge < -0.3 is 5.11 Å². The van der Waals surface area contributed by atoms with Crippen LogP contribution in [0.1, 0.15) is 33.1 Å². The maximum atomic E-state index is 9.33. The van der Waals surface area contributed by atoms with Gasteiger partial charge in [-0.1, -0.05) is 6.92 Å². The lowest BCUT2D eigenvalue weighted by Crippen LogP contribution is -2.06. The fraction of sp³-hybridized carbons (Fsp3) is 0.750. The van der Waals surface area contributed by atoms with Crippen LogP contribution in [0, 0.1) is 5.92 Å². The van der Waals surface area contributed by atoms with E-state index in [0.29, 0.717) is 11.7 Å². The Hall–Kier alpha value is -0.460. The van der Waals surface area contributed by atoms with Gasteiger partial charge in [0, 0.05) is 5.92 Å². The van der Waals surface area contributed by atoms with Crippen LogP contribution in [-0.2, 0) is 0 Å². The van der Waals surface area contributed by atoms with Crippen molar-refractivity contribution in [1.82, 2.24) is 0 Å². The molecule has 0 aromatic carbocycles. The van der Waals surface area contributed by atoms with Crippen molar-refractivity contribution in [3.05, 3.63) is 11.3 Å². The summed E-state index contributed by atoms with van der Waals surface area (Å²) in [5, 5.41) is 9.33. The number of rotatable bonds is 0. The maximum absolute atomic E-state index is 9.33. The summed E-state index contributed by atoms with van der Waals surface area (Å²) >= 11 is 0. The molecule has 1 rings (SSSR count). The molecule has 1 unspecified atom stereocenters. The van der Waals surface area contributed by atoms with Crippen LogP contribution in [0.5, 0.6) is 0 Å². The van der Waals surface area contributed by atoms with Gasteiger partial charge in [0.15, 0.2) is 0 Å². The summed E-state index contributed by atoms with van der Waals surface area (Å²) in [6.07, 6.45) is 3.50. The maximum Gasteiger partial charge on any atom is 0.0939 e. The first kappa shape index (κ1) is 6.66.